The van der Waals surface area contributed by atoms with Gasteiger partial charge in [0, 0.05) is 24.3 Å². The fourth-order valence-corrected chi connectivity index (χ4v) is 2.04. The lowest BCUT2D eigenvalue weighted by Gasteiger charge is -2.30. The van der Waals surface area contributed by atoms with Gasteiger partial charge >= 0.3 is 0 Å². The predicted octanol–water partition coefficient (Wildman–Crippen LogP) is 3.58. The molecule has 0 spiro atoms. The molecule has 0 aliphatic rings. The highest BCUT2D eigenvalue weighted by Gasteiger charge is 2.26. The van der Waals surface area contributed by atoms with Gasteiger partial charge in [-0.25, -0.2) is 0 Å². The SMILES string of the molecule is CCC(CC)(CCl)CNC(=O)CC(C)(C)C. The molecule has 16 heavy (non-hydrogen) atoms. The summed E-state index contributed by atoms with van der Waals surface area (Å²) >= 11 is 5.99. The zero-order valence-corrected chi connectivity index (χ0v) is 12.1. The predicted molar refractivity (Wildman–Crippen MR) is 70.8 cm³/mol. The van der Waals surface area contributed by atoms with Gasteiger partial charge in [0.2, 0.25) is 5.91 Å². The van der Waals surface area contributed by atoms with E-state index in [-0.39, 0.29) is 16.7 Å². The Morgan fingerprint density at radius 2 is 1.69 bits per heavy atom. The van der Waals surface area contributed by atoms with Gasteiger partial charge in [0.15, 0.2) is 0 Å². The van der Waals surface area contributed by atoms with E-state index >= 15 is 0 Å². The van der Waals surface area contributed by atoms with Crippen LogP contribution in [0.15, 0.2) is 0 Å². The molecule has 0 aromatic rings. The molecule has 0 aliphatic heterocycles. The maximum absolute atomic E-state index is 11.7. The van der Waals surface area contributed by atoms with Crippen molar-refractivity contribution in [3.8, 4) is 0 Å². The van der Waals surface area contributed by atoms with E-state index in [1.807, 2.05) is 0 Å². The van der Waals surface area contributed by atoms with Gasteiger partial charge < -0.3 is 5.32 Å². The number of hydrogen-bond donors (Lipinski definition) is 1. The molecule has 0 aromatic carbocycles. The number of hydrogen-bond acceptors (Lipinski definition) is 1. The molecule has 1 amide bonds. The summed E-state index contributed by atoms with van der Waals surface area (Å²) < 4.78 is 0. The lowest BCUT2D eigenvalue weighted by atomic mass is 9.84. The molecule has 0 aliphatic carbocycles. The Bertz CT molecular complexity index is 208. The maximum atomic E-state index is 11.7. The topological polar surface area (TPSA) is 29.1 Å². The van der Waals surface area contributed by atoms with Crippen LogP contribution in [0.25, 0.3) is 0 Å². The third kappa shape index (κ3) is 5.74. The molecule has 0 aromatic heterocycles. The van der Waals surface area contributed by atoms with Crippen molar-refractivity contribution in [1.29, 1.82) is 0 Å². The zero-order valence-electron chi connectivity index (χ0n) is 11.3. The van der Waals surface area contributed by atoms with Crippen molar-refractivity contribution in [2.75, 3.05) is 12.4 Å². The molecule has 0 heterocycles. The van der Waals surface area contributed by atoms with Crippen LogP contribution in [-0.2, 0) is 4.79 Å². The third-order valence-electron chi connectivity index (χ3n) is 3.13. The molecule has 0 fully saturated rings. The number of amides is 1. The van der Waals surface area contributed by atoms with Crippen LogP contribution in [0.2, 0.25) is 0 Å². The summed E-state index contributed by atoms with van der Waals surface area (Å²) in [6.07, 6.45) is 2.57. The molecule has 0 rings (SSSR count). The molecule has 2 nitrogen and oxygen atoms in total. The molecule has 1 N–H and O–H groups in total. The number of alkyl halides is 1. The van der Waals surface area contributed by atoms with E-state index in [0.29, 0.717) is 18.8 Å². The Labute approximate surface area is 105 Å². The molecular formula is C13H26ClNO. The lowest BCUT2D eigenvalue weighted by Crippen LogP contribution is -2.39. The monoisotopic (exact) mass is 247 g/mol. The fraction of sp³-hybridized carbons (Fsp3) is 0.923. The van der Waals surface area contributed by atoms with E-state index in [4.69, 9.17) is 11.6 Å². The van der Waals surface area contributed by atoms with E-state index in [1.54, 1.807) is 0 Å². The Morgan fingerprint density at radius 3 is 2.00 bits per heavy atom. The van der Waals surface area contributed by atoms with Crippen LogP contribution < -0.4 is 5.32 Å². The van der Waals surface area contributed by atoms with Crippen molar-refractivity contribution in [3.63, 3.8) is 0 Å². The molecule has 0 unspecified atom stereocenters. The van der Waals surface area contributed by atoms with Gasteiger partial charge in [0.25, 0.3) is 0 Å². The first-order valence-electron chi connectivity index (χ1n) is 6.11. The van der Waals surface area contributed by atoms with Crippen molar-refractivity contribution in [3.05, 3.63) is 0 Å². The highest BCUT2D eigenvalue weighted by atomic mass is 35.5. The average molecular weight is 248 g/mol. The minimum absolute atomic E-state index is 0.0478. The number of carbonyl (C=O) groups excluding carboxylic acids is 1. The zero-order chi connectivity index (χ0) is 12.8. The molecule has 0 saturated heterocycles. The van der Waals surface area contributed by atoms with Gasteiger partial charge in [0.1, 0.15) is 0 Å². The summed E-state index contributed by atoms with van der Waals surface area (Å²) in [5, 5.41) is 3.01. The number of rotatable bonds is 6. The average Bonchev–Trinajstić information content (AvgIpc) is 2.18. The second-order valence-electron chi connectivity index (χ2n) is 5.85. The van der Waals surface area contributed by atoms with Crippen LogP contribution in [0.4, 0.5) is 0 Å². The van der Waals surface area contributed by atoms with Gasteiger partial charge in [-0.2, -0.15) is 0 Å². The highest BCUT2D eigenvalue weighted by Crippen LogP contribution is 2.27. The summed E-state index contributed by atoms with van der Waals surface area (Å²) in [5.74, 6) is 0.736. The third-order valence-corrected chi connectivity index (χ3v) is 3.70. The van der Waals surface area contributed by atoms with Crippen LogP contribution in [-0.4, -0.2) is 18.3 Å². The van der Waals surface area contributed by atoms with Gasteiger partial charge in [-0.05, 0) is 18.3 Å². The molecule has 96 valence electrons. The van der Waals surface area contributed by atoms with Gasteiger partial charge in [-0.1, -0.05) is 34.6 Å². The van der Waals surface area contributed by atoms with E-state index in [1.165, 1.54) is 0 Å². The van der Waals surface area contributed by atoms with Crippen LogP contribution in [0.3, 0.4) is 0 Å². The standard InChI is InChI=1S/C13H26ClNO/c1-6-13(7-2,9-14)10-15-11(16)8-12(3,4)5/h6-10H2,1-5H3,(H,15,16). The first-order chi connectivity index (χ1) is 7.28. The van der Waals surface area contributed by atoms with Gasteiger partial charge in [-0.3, -0.25) is 4.79 Å². The van der Waals surface area contributed by atoms with Crippen LogP contribution >= 0.6 is 11.6 Å². The van der Waals surface area contributed by atoms with Crippen molar-refractivity contribution >= 4 is 17.5 Å². The number of nitrogens with one attached hydrogen (secondary N) is 1. The van der Waals surface area contributed by atoms with E-state index < -0.39 is 0 Å². The Hall–Kier alpha value is -0.240. The van der Waals surface area contributed by atoms with Crippen molar-refractivity contribution in [1.82, 2.24) is 5.32 Å². The first-order valence-corrected chi connectivity index (χ1v) is 6.64. The maximum Gasteiger partial charge on any atom is 0.220 e. The second-order valence-corrected chi connectivity index (χ2v) is 6.12. The van der Waals surface area contributed by atoms with Crippen LogP contribution in [0.1, 0.15) is 53.9 Å². The normalized spacial score (nSPS) is 12.6. The van der Waals surface area contributed by atoms with E-state index in [9.17, 15) is 4.79 Å². The summed E-state index contributed by atoms with van der Waals surface area (Å²) in [6.45, 7) is 11.2. The first kappa shape index (κ1) is 15.8. The highest BCUT2D eigenvalue weighted by molar-refractivity contribution is 6.18. The van der Waals surface area contributed by atoms with Gasteiger partial charge in [-0.15, -0.1) is 11.6 Å². The molecule has 0 saturated carbocycles. The lowest BCUT2D eigenvalue weighted by molar-refractivity contribution is -0.123. The largest absolute Gasteiger partial charge is 0.355 e. The smallest absolute Gasteiger partial charge is 0.220 e. The molecule has 0 atom stereocenters. The van der Waals surface area contributed by atoms with Crippen LogP contribution in [0.5, 0.6) is 0 Å². The Morgan fingerprint density at radius 1 is 1.19 bits per heavy atom. The minimum Gasteiger partial charge on any atom is -0.355 e. The van der Waals surface area contributed by atoms with Crippen molar-refractivity contribution in [2.45, 2.75) is 53.9 Å². The van der Waals surface area contributed by atoms with Gasteiger partial charge in [0.05, 0.1) is 0 Å². The summed E-state index contributed by atoms with van der Waals surface area (Å²) in [5.41, 5.74) is 0.112. The fourth-order valence-electron chi connectivity index (χ4n) is 1.57. The Balaban J connectivity index is 4.17. The summed E-state index contributed by atoms with van der Waals surface area (Å²) in [6, 6.07) is 0. The van der Waals surface area contributed by atoms with Crippen molar-refractivity contribution < 1.29 is 4.79 Å². The van der Waals surface area contributed by atoms with Crippen molar-refractivity contribution in [2.24, 2.45) is 10.8 Å². The minimum atomic E-state index is 0.0478. The Kier molecular flexibility index (Phi) is 6.39. The molecule has 3 heteroatoms. The molecular weight excluding hydrogens is 222 g/mol. The number of carbonyl (C=O) groups is 1. The quantitative estimate of drug-likeness (QED) is 0.715. The molecule has 0 bridgehead atoms. The number of halogens is 1. The summed E-state index contributed by atoms with van der Waals surface area (Å²) in [7, 11) is 0. The van der Waals surface area contributed by atoms with Crippen LogP contribution in [0, 0.1) is 10.8 Å². The second kappa shape index (κ2) is 6.48. The molecule has 0 radical (unpaired) electrons. The van der Waals surface area contributed by atoms with E-state index in [2.05, 4.69) is 39.9 Å². The van der Waals surface area contributed by atoms with E-state index in [0.717, 1.165) is 12.8 Å². The summed E-state index contributed by atoms with van der Waals surface area (Å²) in [4.78, 5) is 11.7.